The van der Waals surface area contributed by atoms with E-state index in [1.54, 1.807) is 18.2 Å². The molecule has 0 spiro atoms. The van der Waals surface area contributed by atoms with Crippen LogP contribution in [0.2, 0.25) is 5.02 Å². The molecule has 20 heavy (non-hydrogen) atoms. The van der Waals surface area contributed by atoms with Gasteiger partial charge in [-0.1, -0.05) is 48.0 Å². The predicted molar refractivity (Wildman–Crippen MR) is 77.2 cm³/mol. The third kappa shape index (κ3) is 3.45. The average Bonchev–Trinajstić information content (AvgIpc) is 2.42. The van der Waals surface area contributed by atoms with Crippen LogP contribution < -0.4 is 4.74 Å². The van der Waals surface area contributed by atoms with Crippen molar-refractivity contribution < 1.29 is 14.3 Å². The molecule has 0 radical (unpaired) electrons. The van der Waals surface area contributed by atoms with Crippen molar-refractivity contribution in [3.63, 3.8) is 0 Å². The molecule has 0 aliphatic heterocycles. The Labute approximate surface area is 122 Å². The fraction of sp³-hybridized carbons (Fsp3) is 0.125. The molecule has 0 aliphatic carbocycles. The standard InChI is InChI=1S/C16H13ClO3/c1-11(18)13-8-5-9-14(17)16(13)20-15(19)10-12-6-3-2-4-7-12/h2-9H,10H2,1H3. The van der Waals surface area contributed by atoms with Crippen molar-refractivity contribution >= 4 is 23.4 Å². The SMILES string of the molecule is CC(=O)c1cccc(Cl)c1OC(=O)Cc1ccccc1. The summed E-state index contributed by atoms with van der Waals surface area (Å²) in [5.74, 6) is -0.524. The van der Waals surface area contributed by atoms with Gasteiger partial charge in [0.2, 0.25) is 0 Å². The minimum Gasteiger partial charge on any atom is -0.424 e. The number of ether oxygens (including phenoxy) is 1. The summed E-state index contributed by atoms with van der Waals surface area (Å²) in [7, 11) is 0. The highest BCUT2D eigenvalue weighted by molar-refractivity contribution is 6.32. The Hall–Kier alpha value is -2.13. The van der Waals surface area contributed by atoms with E-state index in [1.807, 2.05) is 30.3 Å². The Morgan fingerprint density at radius 2 is 1.75 bits per heavy atom. The molecule has 0 saturated carbocycles. The van der Waals surface area contributed by atoms with Crippen molar-refractivity contribution in [3.8, 4) is 5.75 Å². The van der Waals surface area contributed by atoms with Crippen LogP contribution in [0.5, 0.6) is 5.75 Å². The highest BCUT2D eigenvalue weighted by Crippen LogP contribution is 2.29. The van der Waals surface area contributed by atoms with E-state index in [9.17, 15) is 9.59 Å². The van der Waals surface area contributed by atoms with Crippen molar-refractivity contribution in [2.75, 3.05) is 0 Å². The summed E-state index contributed by atoms with van der Waals surface area (Å²) in [5.41, 5.74) is 1.15. The van der Waals surface area contributed by atoms with Gasteiger partial charge in [0.05, 0.1) is 17.0 Å². The molecular formula is C16H13ClO3. The van der Waals surface area contributed by atoms with Crippen LogP contribution >= 0.6 is 11.6 Å². The first-order chi connectivity index (χ1) is 9.58. The summed E-state index contributed by atoms with van der Waals surface area (Å²) in [6.45, 7) is 1.40. The van der Waals surface area contributed by atoms with Crippen molar-refractivity contribution in [2.24, 2.45) is 0 Å². The van der Waals surface area contributed by atoms with Gasteiger partial charge in [-0.2, -0.15) is 0 Å². The molecule has 0 heterocycles. The topological polar surface area (TPSA) is 43.4 Å². The van der Waals surface area contributed by atoms with E-state index in [1.165, 1.54) is 6.92 Å². The summed E-state index contributed by atoms with van der Waals surface area (Å²) >= 11 is 5.99. The van der Waals surface area contributed by atoms with E-state index in [0.717, 1.165) is 5.56 Å². The van der Waals surface area contributed by atoms with Gasteiger partial charge in [0.25, 0.3) is 0 Å². The summed E-state index contributed by atoms with van der Waals surface area (Å²) in [5, 5.41) is 0.249. The lowest BCUT2D eigenvalue weighted by atomic mass is 10.1. The molecule has 0 aromatic heterocycles. The van der Waals surface area contributed by atoms with Crippen molar-refractivity contribution in [1.29, 1.82) is 0 Å². The van der Waals surface area contributed by atoms with Crippen LogP contribution in [-0.4, -0.2) is 11.8 Å². The maximum atomic E-state index is 11.9. The predicted octanol–water partition coefficient (Wildman–Crippen LogP) is 3.69. The van der Waals surface area contributed by atoms with Gasteiger partial charge in [-0.05, 0) is 24.6 Å². The zero-order valence-electron chi connectivity index (χ0n) is 10.9. The van der Waals surface area contributed by atoms with Gasteiger partial charge in [-0.3, -0.25) is 9.59 Å². The van der Waals surface area contributed by atoms with Gasteiger partial charge in [0, 0.05) is 0 Å². The Kier molecular flexibility index (Phi) is 4.53. The van der Waals surface area contributed by atoms with Crippen molar-refractivity contribution in [3.05, 3.63) is 64.7 Å². The monoisotopic (exact) mass is 288 g/mol. The number of esters is 1. The van der Waals surface area contributed by atoms with Gasteiger partial charge in [-0.25, -0.2) is 0 Å². The van der Waals surface area contributed by atoms with Crippen LogP contribution in [0.1, 0.15) is 22.8 Å². The average molecular weight is 289 g/mol. The molecule has 0 saturated heterocycles. The summed E-state index contributed by atoms with van der Waals surface area (Å²) in [6, 6.07) is 14.0. The molecule has 0 unspecified atom stereocenters. The van der Waals surface area contributed by atoms with Crippen LogP contribution in [0.25, 0.3) is 0 Å². The first-order valence-electron chi connectivity index (χ1n) is 6.12. The third-order valence-corrected chi connectivity index (χ3v) is 3.05. The molecule has 0 fully saturated rings. The molecule has 102 valence electrons. The molecule has 0 aliphatic rings. The fourth-order valence-electron chi connectivity index (χ4n) is 1.80. The van der Waals surface area contributed by atoms with E-state index in [2.05, 4.69) is 0 Å². The smallest absolute Gasteiger partial charge is 0.315 e. The summed E-state index contributed by atoms with van der Waals surface area (Å²) in [6.07, 6.45) is 0.128. The van der Waals surface area contributed by atoms with Crippen LogP contribution in [0, 0.1) is 0 Å². The largest absolute Gasteiger partial charge is 0.424 e. The summed E-state index contributed by atoms with van der Waals surface area (Å²) in [4.78, 5) is 23.4. The maximum Gasteiger partial charge on any atom is 0.315 e. The van der Waals surface area contributed by atoms with Gasteiger partial charge in [0.15, 0.2) is 11.5 Å². The number of hydrogen-bond acceptors (Lipinski definition) is 3. The van der Waals surface area contributed by atoms with E-state index < -0.39 is 5.97 Å². The first-order valence-corrected chi connectivity index (χ1v) is 6.50. The van der Waals surface area contributed by atoms with Crippen molar-refractivity contribution in [2.45, 2.75) is 13.3 Å². The zero-order chi connectivity index (χ0) is 14.5. The van der Waals surface area contributed by atoms with Crippen LogP contribution in [0.4, 0.5) is 0 Å². The molecule has 4 heteroatoms. The minimum atomic E-state index is -0.452. The van der Waals surface area contributed by atoms with Crippen LogP contribution in [0.15, 0.2) is 48.5 Å². The Morgan fingerprint density at radius 1 is 1.05 bits per heavy atom. The molecule has 2 rings (SSSR count). The number of carbonyl (C=O) groups is 2. The number of para-hydroxylation sites is 1. The van der Waals surface area contributed by atoms with Gasteiger partial charge < -0.3 is 4.74 Å². The lowest BCUT2D eigenvalue weighted by molar-refractivity contribution is -0.133. The third-order valence-electron chi connectivity index (χ3n) is 2.75. The lowest BCUT2D eigenvalue weighted by Crippen LogP contribution is -2.13. The summed E-state index contributed by atoms with van der Waals surface area (Å²) < 4.78 is 5.25. The molecular weight excluding hydrogens is 276 g/mol. The number of halogens is 1. The molecule has 0 atom stereocenters. The number of Topliss-reactive ketones (excluding diaryl/α,β-unsaturated/α-hetero) is 1. The van der Waals surface area contributed by atoms with Crippen LogP contribution in [0.3, 0.4) is 0 Å². The van der Waals surface area contributed by atoms with E-state index >= 15 is 0 Å². The molecule has 0 bridgehead atoms. The van der Waals surface area contributed by atoms with Gasteiger partial charge >= 0.3 is 5.97 Å². The van der Waals surface area contributed by atoms with Gasteiger partial charge in [-0.15, -0.1) is 0 Å². The second kappa shape index (κ2) is 6.35. The lowest BCUT2D eigenvalue weighted by Gasteiger charge is -2.09. The number of rotatable bonds is 4. The zero-order valence-corrected chi connectivity index (χ0v) is 11.7. The van der Waals surface area contributed by atoms with Gasteiger partial charge in [0.1, 0.15) is 0 Å². The molecule has 0 amide bonds. The second-order valence-electron chi connectivity index (χ2n) is 4.31. The number of ketones is 1. The fourth-order valence-corrected chi connectivity index (χ4v) is 2.02. The highest BCUT2D eigenvalue weighted by Gasteiger charge is 2.16. The molecule has 2 aromatic carbocycles. The van der Waals surface area contributed by atoms with Crippen LogP contribution in [-0.2, 0) is 11.2 Å². The Balaban J connectivity index is 2.18. The quantitative estimate of drug-likeness (QED) is 0.489. The molecule has 0 N–H and O–H groups in total. The van der Waals surface area contributed by atoms with Crippen molar-refractivity contribution in [1.82, 2.24) is 0 Å². The number of carbonyl (C=O) groups excluding carboxylic acids is 2. The second-order valence-corrected chi connectivity index (χ2v) is 4.72. The minimum absolute atomic E-state index is 0.127. The molecule has 3 nitrogen and oxygen atoms in total. The highest BCUT2D eigenvalue weighted by atomic mass is 35.5. The number of hydrogen-bond donors (Lipinski definition) is 0. The van der Waals surface area contributed by atoms with E-state index in [4.69, 9.17) is 16.3 Å². The first kappa shape index (κ1) is 14.3. The normalized spacial score (nSPS) is 10.1. The molecule has 2 aromatic rings. The maximum absolute atomic E-state index is 11.9. The Bertz CT molecular complexity index is 635. The number of benzene rings is 2. The van der Waals surface area contributed by atoms with E-state index in [0.29, 0.717) is 5.56 Å². The Morgan fingerprint density at radius 3 is 2.40 bits per heavy atom. The van der Waals surface area contributed by atoms with E-state index in [-0.39, 0.29) is 23.0 Å².